The second-order valence-corrected chi connectivity index (χ2v) is 5.29. The molecule has 0 saturated heterocycles. The van der Waals surface area contributed by atoms with E-state index in [1.807, 2.05) is 13.0 Å². The second-order valence-electron chi connectivity index (χ2n) is 4.43. The Bertz CT molecular complexity index is 369. The van der Waals surface area contributed by atoms with Gasteiger partial charge in [0, 0.05) is 35.6 Å². The highest BCUT2D eigenvalue weighted by Crippen LogP contribution is 2.27. The average molecular weight is 315 g/mol. The van der Waals surface area contributed by atoms with Gasteiger partial charge in [-0.15, -0.1) is 0 Å². The SMILES string of the molecule is CCCCOCCCNc1cc(C)c(N)cc1Br. The van der Waals surface area contributed by atoms with Gasteiger partial charge in [0.05, 0.1) is 0 Å². The Morgan fingerprint density at radius 3 is 2.72 bits per heavy atom. The van der Waals surface area contributed by atoms with Gasteiger partial charge in [-0.1, -0.05) is 13.3 Å². The van der Waals surface area contributed by atoms with E-state index in [2.05, 4.69) is 34.2 Å². The molecule has 0 aliphatic carbocycles. The van der Waals surface area contributed by atoms with Crippen LogP contribution < -0.4 is 11.1 Å². The van der Waals surface area contributed by atoms with Gasteiger partial charge in [-0.05, 0) is 53.4 Å². The van der Waals surface area contributed by atoms with Gasteiger partial charge in [-0.2, -0.15) is 0 Å². The van der Waals surface area contributed by atoms with Crippen LogP contribution >= 0.6 is 15.9 Å². The number of nitrogens with one attached hydrogen (secondary N) is 1. The molecule has 4 heteroatoms. The van der Waals surface area contributed by atoms with E-state index in [1.165, 1.54) is 6.42 Å². The molecule has 0 aromatic heterocycles. The monoisotopic (exact) mass is 314 g/mol. The van der Waals surface area contributed by atoms with Crippen molar-refractivity contribution in [3.05, 3.63) is 22.2 Å². The molecule has 0 saturated carbocycles. The zero-order valence-corrected chi connectivity index (χ0v) is 12.8. The maximum atomic E-state index is 5.83. The van der Waals surface area contributed by atoms with Crippen LogP contribution in [0.25, 0.3) is 0 Å². The third kappa shape index (κ3) is 5.27. The lowest BCUT2D eigenvalue weighted by Crippen LogP contribution is -2.07. The summed E-state index contributed by atoms with van der Waals surface area (Å²) in [5.74, 6) is 0. The Morgan fingerprint density at radius 2 is 2.00 bits per heavy atom. The lowest BCUT2D eigenvalue weighted by molar-refractivity contribution is 0.131. The minimum atomic E-state index is 0.815. The molecule has 0 aliphatic heterocycles. The van der Waals surface area contributed by atoms with Gasteiger partial charge in [-0.3, -0.25) is 0 Å². The van der Waals surface area contributed by atoms with Gasteiger partial charge in [0.2, 0.25) is 0 Å². The minimum absolute atomic E-state index is 0.815. The number of aryl methyl sites for hydroxylation is 1. The molecule has 0 fully saturated rings. The summed E-state index contributed by atoms with van der Waals surface area (Å²) in [6.07, 6.45) is 3.35. The Kier molecular flexibility index (Phi) is 7.13. The zero-order valence-electron chi connectivity index (χ0n) is 11.3. The van der Waals surface area contributed by atoms with Crippen molar-refractivity contribution in [1.29, 1.82) is 0 Å². The Hall–Kier alpha value is -0.740. The van der Waals surface area contributed by atoms with Crippen LogP contribution in [0.15, 0.2) is 16.6 Å². The summed E-state index contributed by atoms with van der Waals surface area (Å²) >= 11 is 3.51. The number of halogens is 1. The molecule has 102 valence electrons. The summed E-state index contributed by atoms with van der Waals surface area (Å²) in [6, 6.07) is 4.01. The molecule has 3 nitrogen and oxygen atoms in total. The predicted octanol–water partition coefficient (Wildman–Crippen LogP) is 3.96. The number of unbranched alkanes of at least 4 members (excludes halogenated alkanes) is 1. The predicted molar refractivity (Wildman–Crippen MR) is 82.1 cm³/mol. The average Bonchev–Trinajstić information content (AvgIpc) is 2.34. The first kappa shape index (κ1) is 15.3. The number of hydrogen-bond acceptors (Lipinski definition) is 3. The number of nitrogens with two attached hydrogens (primary N) is 1. The van der Waals surface area contributed by atoms with E-state index in [0.717, 1.165) is 54.0 Å². The largest absolute Gasteiger partial charge is 0.398 e. The first-order valence-corrected chi connectivity index (χ1v) is 7.31. The lowest BCUT2D eigenvalue weighted by Gasteiger charge is -2.11. The van der Waals surface area contributed by atoms with Crippen LogP contribution in [0.3, 0.4) is 0 Å². The van der Waals surface area contributed by atoms with Gasteiger partial charge >= 0.3 is 0 Å². The smallest absolute Gasteiger partial charge is 0.0488 e. The van der Waals surface area contributed by atoms with Crippen LogP contribution in [0.4, 0.5) is 11.4 Å². The molecule has 0 heterocycles. The van der Waals surface area contributed by atoms with Crippen LogP contribution in [-0.2, 0) is 4.74 Å². The van der Waals surface area contributed by atoms with Crippen LogP contribution in [-0.4, -0.2) is 19.8 Å². The van der Waals surface area contributed by atoms with Crippen molar-refractivity contribution in [3.8, 4) is 0 Å². The van der Waals surface area contributed by atoms with Gasteiger partial charge < -0.3 is 15.8 Å². The maximum Gasteiger partial charge on any atom is 0.0488 e. The van der Waals surface area contributed by atoms with E-state index in [-0.39, 0.29) is 0 Å². The molecular weight excluding hydrogens is 292 g/mol. The topological polar surface area (TPSA) is 47.3 Å². The third-order valence-corrected chi connectivity index (χ3v) is 3.43. The minimum Gasteiger partial charge on any atom is -0.398 e. The van der Waals surface area contributed by atoms with Gasteiger partial charge in [-0.25, -0.2) is 0 Å². The second kappa shape index (κ2) is 8.38. The number of rotatable bonds is 8. The number of ether oxygens (including phenoxy) is 1. The fraction of sp³-hybridized carbons (Fsp3) is 0.571. The molecule has 0 bridgehead atoms. The molecule has 0 radical (unpaired) electrons. The summed E-state index contributed by atoms with van der Waals surface area (Å²) in [7, 11) is 0. The summed E-state index contributed by atoms with van der Waals surface area (Å²) in [5.41, 5.74) is 8.84. The van der Waals surface area contributed by atoms with Crippen molar-refractivity contribution >= 4 is 27.3 Å². The number of hydrogen-bond donors (Lipinski definition) is 2. The molecule has 0 spiro atoms. The van der Waals surface area contributed by atoms with Gasteiger partial charge in [0.25, 0.3) is 0 Å². The molecule has 1 aromatic rings. The van der Waals surface area contributed by atoms with Crippen LogP contribution in [0.1, 0.15) is 31.7 Å². The summed E-state index contributed by atoms with van der Waals surface area (Å²) < 4.78 is 6.52. The third-order valence-electron chi connectivity index (χ3n) is 2.78. The van der Waals surface area contributed by atoms with Gasteiger partial charge in [0.15, 0.2) is 0 Å². The Labute approximate surface area is 118 Å². The summed E-state index contributed by atoms with van der Waals surface area (Å²) in [5, 5.41) is 3.39. The number of nitrogen functional groups attached to an aromatic ring is 1. The summed E-state index contributed by atoms with van der Waals surface area (Å²) in [4.78, 5) is 0. The van der Waals surface area contributed by atoms with E-state index in [4.69, 9.17) is 10.5 Å². The van der Waals surface area contributed by atoms with Crippen molar-refractivity contribution in [3.63, 3.8) is 0 Å². The molecule has 18 heavy (non-hydrogen) atoms. The first-order chi connectivity index (χ1) is 8.65. The molecule has 0 atom stereocenters. The van der Waals surface area contributed by atoms with Crippen molar-refractivity contribution in [2.45, 2.75) is 33.1 Å². The number of benzene rings is 1. The highest BCUT2D eigenvalue weighted by atomic mass is 79.9. The van der Waals surface area contributed by atoms with Crippen molar-refractivity contribution in [1.82, 2.24) is 0 Å². The van der Waals surface area contributed by atoms with E-state index < -0.39 is 0 Å². The van der Waals surface area contributed by atoms with E-state index in [1.54, 1.807) is 0 Å². The van der Waals surface area contributed by atoms with E-state index in [9.17, 15) is 0 Å². The molecule has 1 rings (SSSR count). The van der Waals surface area contributed by atoms with Crippen molar-refractivity contribution in [2.75, 3.05) is 30.8 Å². The maximum absolute atomic E-state index is 5.83. The van der Waals surface area contributed by atoms with Crippen molar-refractivity contribution in [2.24, 2.45) is 0 Å². The number of anilines is 2. The highest BCUT2D eigenvalue weighted by Gasteiger charge is 2.02. The molecule has 0 amide bonds. The first-order valence-electron chi connectivity index (χ1n) is 6.52. The zero-order chi connectivity index (χ0) is 13.4. The molecular formula is C14H23BrN2O. The lowest BCUT2D eigenvalue weighted by atomic mass is 10.2. The molecule has 0 aliphatic rings. The van der Waals surface area contributed by atoms with Crippen LogP contribution in [0.5, 0.6) is 0 Å². The quantitative estimate of drug-likeness (QED) is 0.564. The van der Waals surface area contributed by atoms with E-state index in [0.29, 0.717) is 0 Å². The van der Waals surface area contributed by atoms with Crippen LogP contribution in [0.2, 0.25) is 0 Å². The molecule has 1 aromatic carbocycles. The van der Waals surface area contributed by atoms with Crippen molar-refractivity contribution < 1.29 is 4.74 Å². The fourth-order valence-corrected chi connectivity index (χ4v) is 2.08. The van der Waals surface area contributed by atoms with E-state index >= 15 is 0 Å². The van der Waals surface area contributed by atoms with Crippen LogP contribution in [0, 0.1) is 6.92 Å². The molecule has 0 unspecified atom stereocenters. The fourth-order valence-electron chi connectivity index (χ4n) is 1.58. The molecule has 3 N–H and O–H groups in total. The Balaban J connectivity index is 2.25. The normalized spacial score (nSPS) is 10.6. The standard InChI is InChI=1S/C14H23BrN2O/c1-3-4-7-18-8-5-6-17-14-9-11(2)13(16)10-12(14)15/h9-10,17H,3-8,16H2,1-2H3. The Morgan fingerprint density at radius 1 is 1.28 bits per heavy atom. The highest BCUT2D eigenvalue weighted by molar-refractivity contribution is 9.10. The van der Waals surface area contributed by atoms with Gasteiger partial charge in [0.1, 0.15) is 0 Å². The summed E-state index contributed by atoms with van der Waals surface area (Å²) in [6.45, 7) is 6.79.